The third-order valence-electron chi connectivity index (χ3n) is 3.11. The monoisotopic (exact) mass is 268 g/mol. The van der Waals surface area contributed by atoms with Gasteiger partial charge in [0.1, 0.15) is 0 Å². The summed E-state index contributed by atoms with van der Waals surface area (Å²) in [5.74, 6) is 6.68. The zero-order valence-electron chi connectivity index (χ0n) is 11.0. The summed E-state index contributed by atoms with van der Waals surface area (Å²) in [5, 5.41) is 8.97. The molecular weight excluding hydrogens is 248 g/mol. The second-order valence-corrected chi connectivity index (χ2v) is 4.43. The lowest BCUT2D eigenvalue weighted by atomic mass is 10.1. The molecule has 0 amide bonds. The molecule has 0 spiro atoms. The van der Waals surface area contributed by atoms with Crippen molar-refractivity contribution in [2.24, 2.45) is 11.8 Å². The van der Waals surface area contributed by atoms with Crippen molar-refractivity contribution < 1.29 is 9.84 Å². The molecule has 8 nitrogen and oxygen atoms in total. The molecule has 0 bridgehead atoms. The van der Waals surface area contributed by atoms with Gasteiger partial charge in [0.25, 0.3) is 0 Å². The first kappa shape index (κ1) is 13.8. The molecule has 19 heavy (non-hydrogen) atoms. The summed E-state index contributed by atoms with van der Waals surface area (Å²) in [7, 11) is 0. The van der Waals surface area contributed by atoms with Crippen molar-refractivity contribution in [2.45, 2.75) is 19.8 Å². The van der Waals surface area contributed by atoms with Gasteiger partial charge in [0.2, 0.25) is 11.9 Å². The lowest BCUT2D eigenvalue weighted by molar-refractivity contribution is 0.263. The number of aliphatic hydroxyl groups is 1. The predicted octanol–water partition coefficient (Wildman–Crippen LogP) is -0.235. The highest BCUT2D eigenvalue weighted by molar-refractivity contribution is 5.38. The van der Waals surface area contributed by atoms with Crippen LogP contribution in [0, 0.1) is 5.92 Å². The van der Waals surface area contributed by atoms with Crippen LogP contribution < -0.4 is 20.9 Å². The lowest BCUT2D eigenvalue weighted by Crippen LogP contribution is -2.24. The molecule has 0 aliphatic carbocycles. The van der Waals surface area contributed by atoms with Gasteiger partial charge in [-0.1, -0.05) is 0 Å². The SMILES string of the molecule is CCOc1nc(NN)nc(N2CCC(CCO)C2)n1. The van der Waals surface area contributed by atoms with Crippen molar-refractivity contribution in [2.75, 3.05) is 36.6 Å². The second-order valence-electron chi connectivity index (χ2n) is 4.43. The molecule has 0 saturated carbocycles. The Morgan fingerprint density at radius 1 is 1.47 bits per heavy atom. The molecule has 0 aromatic carbocycles. The van der Waals surface area contributed by atoms with E-state index in [9.17, 15) is 0 Å². The molecule has 106 valence electrons. The maximum Gasteiger partial charge on any atom is 0.323 e. The lowest BCUT2D eigenvalue weighted by Gasteiger charge is -2.17. The first-order valence-corrected chi connectivity index (χ1v) is 6.48. The normalized spacial score (nSPS) is 18.7. The minimum absolute atomic E-state index is 0.218. The number of ether oxygens (including phenoxy) is 1. The number of hydrogen-bond donors (Lipinski definition) is 3. The van der Waals surface area contributed by atoms with Crippen LogP contribution in [0.3, 0.4) is 0 Å². The summed E-state index contributed by atoms with van der Waals surface area (Å²) in [6.45, 7) is 4.27. The highest BCUT2D eigenvalue weighted by Gasteiger charge is 2.25. The minimum atomic E-state index is 0.218. The molecule has 1 unspecified atom stereocenters. The summed E-state index contributed by atoms with van der Waals surface area (Å²) in [4.78, 5) is 14.6. The van der Waals surface area contributed by atoms with Crippen LogP contribution in [0.15, 0.2) is 0 Å². The number of anilines is 2. The van der Waals surface area contributed by atoms with Gasteiger partial charge in [-0.15, -0.1) is 0 Å². The predicted molar refractivity (Wildman–Crippen MR) is 70.8 cm³/mol. The topological polar surface area (TPSA) is 109 Å². The summed E-state index contributed by atoms with van der Waals surface area (Å²) in [6, 6.07) is 0.269. The van der Waals surface area contributed by atoms with E-state index < -0.39 is 0 Å². The Bertz CT molecular complexity index is 416. The van der Waals surface area contributed by atoms with Gasteiger partial charge in [-0.05, 0) is 25.7 Å². The highest BCUT2D eigenvalue weighted by atomic mass is 16.5. The standard InChI is InChI=1S/C11H20N6O2/c1-2-19-11-14-9(16-12)13-10(15-11)17-5-3-8(7-17)4-6-18/h8,18H,2-7,12H2,1H3,(H,13,14,15,16). The Morgan fingerprint density at radius 3 is 3.00 bits per heavy atom. The van der Waals surface area contributed by atoms with E-state index in [0.717, 1.165) is 25.9 Å². The summed E-state index contributed by atoms with van der Waals surface area (Å²) in [5.41, 5.74) is 2.42. The van der Waals surface area contributed by atoms with Crippen LogP contribution in [0.2, 0.25) is 0 Å². The van der Waals surface area contributed by atoms with Crippen LogP contribution in [0.5, 0.6) is 6.01 Å². The van der Waals surface area contributed by atoms with Crippen LogP contribution in [-0.4, -0.2) is 46.4 Å². The Kier molecular flexibility index (Phi) is 4.69. The van der Waals surface area contributed by atoms with Gasteiger partial charge in [0, 0.05) is 19.7 Å². The maximum absolute atomic E-state index is 8.97. The molecule has 1 aromatic rings. The average Bonchev–Trinajstić information content (AvgIpc) is 2.88. The summed E-state index contributed by atoms with van der Waals surface area (Å²) in [6.07, 6.45) is 1.84. The first-order chi connectivity index (χ1) is 9.26. The number of rotatable bonds is 6. The summed E-state index contributed by atoms with van der Waals surface area (Å²) < 4.78 is 5.30. The number of aromatic nitrogens is 3. The van der Waals surface area contributed by atoms with E-state index >= 15 is 0 Å². The third kappa shape index (κ3) is 3.42. The zero-order valence-corrected chi connectivity index (χ0v) is 11.0. The van der Waals surface area contributed by atoms with Crippen LogP contribution in [-0.2, 0) is 0 Å². The summed E-state index contributed by atoms with van der Waals surface area (Å²) >= 11 is 0. The molecule has 2 rings (SSSR count). The molecule has 1 atom stereocenters. The Labute approximate surface area is 112 Å². The average molecular weight is 268 g/mol. The van der Waals surface area contributed by atoms with Crippen molar-refractivity contribution in [1.82, 2.24) is 15.0 Å². The van der Waals surface area contributed by atoms with E-state index in [1.807, 2.05) is 6.92 Å². The number of aliphatic hydroxyl groups excluding tert-OH is 1. The smallest absolute Gasteiger partial charge is 0.323 e. The van der Waals surface area contributed by atoms with Crippen LogP contribution in [0.25, 0.3) is 0 Å². The number of nitrogen functional groups attached to an aromatic ring is 1. The fourth-order valence-electron chi connectivity index (χ4n) is 2.18. The largest absolute Gasteiger partial charge is 0.464 e. The molecule has 1 saturated heterocycles. The molecular formula is C11H20N6O2. The van der Waals surface area contributed by atoms with Gasteiger partial charge in [-0.25, -0.2) is 5.84 Å². The molecule has 1 fully saturated rings. The molecule has 1 aromatic heterocycles. The van der Waals surface area contributed by atoms with Gasteiger partial charge in [-0.2, -0.15) is 15.0 Å². The van der Waals surface area contributed by atoms with E-state index in [1.54, 1.807) is 0 Å². The highest BCUT2D eigenvalue weighted by Crippen LogP contribution is 2.24. The van der Waals surface area contributed by atoms with Gasteiger partial charge >= 0.3 is 6.01 Å². The zero-order chi connectivity index (χ0) is 13.7. The Morgan fingerprint density at radius 2 is 2.32 bits per heavy atom. The fraction of sp³-hybridized carbons (Fsp3) is 0.727. The van der Waals surface area contributed by atoms with E-state index in [2.05, 4.69) is 25.3 Å². The molecule has 1 aliphatic rings. The van der Waals surface area contributed by atoms with Crippen LogP contribution in [0.1, 0.15) is 19.8 Å². The van der Waals surface area contributed by atoms with Gasteiger partial charge < -0.3 is 14.7 Å². The molecule has 1 aliphatic heterocycles. The second kappa shape index (κ2) is 6.48. The third-order valence-corrected chi connectivity index (χ3v) is 3.11. The molecule has 8 heteroatoms. The quantitative estimate of drug-likeness (QED) is 0.479. The number of nitrogens with zero attached hydrogens (tertiary/aromatic N) is 4. The maximum atomic E-state index is 8.97. The van der Waals surface area contributed by atoms with Crippen molar-refractivity contribution in [3.63, 3.8) is 0 Å². The van der Waals surface area contributed by atoms with Crippen molar-refractivity contribution in [1.29, 1.82) is 0 Å². The van der Waals surface area contributed by atoms with E-state index in [1.165, 1.54) is 0 Å². The van der Waals surface area contributed by atoms with Crippen molar-refractivity contribution in [3.8, 4) is 6.01 Å². The Balaban J connectivity index is 2.12. The fourth-order valence-corrected chi connectivity index (χ4v) is 2.18. The number of hydrazine groups is 1. The van der Waals surface area contributed by atoms with E-state index in [0.29, 0.717) is 24.4 Å². The van der Waals surface area contributed by atoms with Crippen molar-refractivity contribution in [3.05, 3.63) is 0 Å². The minimum Gasteiger partial charge on any atom is -0.464 e. The molecule has 0 radical (unpaired) electrons. The first-order valence-electron chi connectivity index (χ1n) is 6.48. The number of hydrogen-bond acceptors (Lipinski definition) is 8. The molecule has 2 heterocycles. The van der Waals surface area contributed by atoms with Gasteiger partial charge in [0.05, 0.1) is 6.61 Å². The van der Waals surface area contributed by atoms with Crippen LogP contribution in [0.4, 0.5) is 11.9 Å². The van der Waals surface area contributed by atoms with E-state index in [-0.39, 0.29) is 12.6 Å². The van der Waals surface area contributed by atoms with E-state index in [4.69, 9.17) is 15.7 Å². The van der Waals surface area contributed by atoms with Crippen molar-refractivity contribution >= 4 is 11.9 Å². The number of nitrogens with one attached hydrogen (secondary N) is 1. The van der Waals surface area contributed by atoms with Gasteiger partial charge in [-0.3, -0.25) is 5.43 Å². The Hall–Kier alpha value is -1.67. The molecule has 4 N–H and O–H groups in total. The van der Waals surface area contributed by atoms with Gasteiger partial charge in [0.15, 0.2) is 0 Å². The number of nitrogens with two attached hydrogens (primary N) is 1. The van der Waals surface area contributed by atoms with Crippen LogP contribution >= 0.6 is 0 Å².